The first-order chi connectivity index (χ1) is 14.7. The summed E-state index contributed by atoms with van der Waals surface area (Å²) >= 11 is 0. The van der Waals surface area contributed by atoms with Crippen LogP contribution in [0.5, 0.6) is 0 Å². The van der Waals surface area contributed by atoms with E-state index >= 15 is 0 Å². The van der Waals surface area contributed by atoms with Gasteiger partial charge in [-0.2, -0.15) is 0 Å². The first-order valence-corrected chi connectivity index (χ1v) is 9.19. The fourth-order valence-corrected chi connectivity index (χ4v) is 2.80. The van der Waals surface area contributed by atoms with Crippen LogP contribution in [0.2, 0.25) is 0 Å². The number of hydrogen-bond acceptors (Lipinski definition) is 6. The summed E-state index contributed by atoms with van der Waals surface area (Å²) in [6, 6.07) is 19.7. The minimum atomic E-state index is -0.575. The molecule has 0 bridgehead atoms. The molecule has 2 heterocycles. The van der Waals surface area contributed by atoms with Gasteiger partial charge in [-0.1, -0.05) is 35.5 Å². The first kappa shape index (κ1) is 19.1. The van der Waals surface area contributed by atoms with Gasteiger partial charge in [0.25, 0.3) is 0 Å². The molecule has 0 radical (unpaired) electrons. The highest BCUT2D eigenvalue weighted by atomic mass is 16.5. The molecule has 0 aliphatic heterocycles. The van der Waals surface area contributed by atoms with Crippen LogP contribution in [0.25, 0.3) is 23.2 Å². The first-order valence-electron chi connectivity index (χ1n) is 9.19. The van der Waals surface area contributed by atoms with Crippen molar-refractivity contribution in [2.45, 2.75) is 0 Å². The molecular weight excluding hydrogens is 382 g/mol. The van der Waals surface area contributed by atoms with Gasteiger partial charge in [0, 0.05) is 11.6 Å². The van der Waals surface area contributed by atoms with Crippen molar-refractivity contribution in [3.8, 4) is 17.1 Å². The highest BCUT2D eigenvalue weighted by Gasteiger charge is 2.13. The lowest BCUT2D eigenvalue weighted by atomic mass is 10.1. The zero-order valence-electron chi connectivity index (χ0n) is 15.8. The van der Waals surface area contributed by atoms with E-state index in [2.05, 4.69) is 10.3 Å². The second-order valence-corrected chi connectivity index (χ2v) is 6.33. The Morgan fingerprint density at radius 3 is 2.53 bits per heavy atom. The number of benzene rings is 2. The van der Waals surface area contributed by atoms with Gasteiger partial charge in [-0.25, -0.2) is 9.48 Å². The van der Waals surface area contributed by atoms with E-state index in [1.165, 1.54) is 6.08 Å². The Balaban J connectivity index is 1.37. The van der Waals surface area contributed by atoms with Crippen molar-refractivity contribution < 1.29 is 18.7 Å². The van der Waals surface area contributed by atoms with Gasteiger partial charge < -0.3 is 9.15 Å². The van der Waals surface area contributed by atoms with Crippen LogP contribution in [0, 0.1) is 0 Å². The molecule has 0 saturated heterocycles. The third-order valence-corrected chi connectivity index (χ3v) is 4.31. The third kappa shape index (κ3) is 4.41. The maximum atomic E-state index is 12.3. The van der Waals surface area contributed by atoms with Crippen molar-refractivity contribution in [3.05, 3.63) is 96.4 Å². The topological polar surface area (TPSA) is 87.2 Å². The zero-order chi connectivity index (χ0) is 20.8. The van der Waals surface area contributed by atoms with Gasteiger partial charge in [0.05, 0.1) is 18.1 Å². The molecule has 30 heavy (non-hydrogen) atoms. The number of Topliss-reactive ketones (excluding diaryl/α,β-unsaturated/α-hetero) is 1. The molecule has 0 aliphatic rings. The van der Waals surface area contributed by atoms with E-state index in [1.807, 2.05) is 36.4 Å². The van der Waals surface area contributed by atoms with E-state index in [0.29, 0.717) is 17.0 Å². The summed E-state index contributed by atoms with van der Waals surface area (Å²) in [5.41, 5.74) is 2.72. The van der Waals surface area contributed by atoms with E-state index in [9.17, 15) is 9.59 Å². The normalized spacial score (nSPS) is 10.9. The molecule has 2 aromatic heterocycles. The molecule has 0 unspecified atom stereocenters. The number of furan rings is 1. The Morgan fingerprint density at radius 1 is 1.00 bits per heavy atom. The van der Waals surface area contributed by atoms with Gasteiger partial charge in [-0.3, -0.25) is 4.79 Å². The molecule has 0 N–H and O–H groups in total. The fraction of sp³-hybridized carbons (Fsp3) is 0.0435. The number of carbonyl (C=O) groups excluding carboxylic acids is 2. The lowest BCUT2D eigenvalue weighted by Gasteiger charge is -2.06. The van der Waals surface area contributed by atoms with Crippen molar-refractivity contribution in [1.29, 1.82) is 0 Å². The molecule has 7 heteroatoms. The fourth-order valence-electron chi connectivity index (χ4n) is 2.80. The van der Waals surface area contributed by atoms with Crippen molar-refractivity contribution in [3.63, 3.8) is 0 Å². The molecule has 0 aliphatic carbocycles. The summed E-state index contributed by atoms with van der Waals surface area (Å²) in [7, 11) is 0. The highest BCUT2D eigenvalue weighted by molar-refractivity contribution is 5.99. The molecule has 0 saturated carbocycles. The second-order valence-electron chi connectivity index (χ2n) is 6.33. The maximum absolute atomic E-state index is 12.3. The average Bonchev–Trinajstić information content (AvgIpc) is 3.48. The predicted molar refractivity (Wildman–Crippen MR) is 110 cm³/mol. The van der Waals surface area contributed by atoms with Crippen LogP contribution in [-0.4, -0.2) is 33.4 Å². The van der Waals surface area contributed by atoms with Crippen LogP contribution in [0.15, 0.2) is 89.7 Å². The van der Waals surface area contributed by atoms with Crippen molar-refractivity contribution in [2.75, 3.05) is 6.61 Å². The molecular formula is C23H17N3O4. The van der Waals surface area contributed by atoms with E-state index in [4.69, 9.17) is 9.15 Å². The predicted octanol–water partition coefficient (Wildman–Crippen LogP) is 3.97. The number of rotatable bonds is 7. The molecule has 0 atom stereocenters. The van der Waals surface area contributed by atoms with E-state index in [0.717, 1.165) is 11.3 Å². The Hall–Kier alpha value is -4.26. The van der Waals surface area contributed by atoms with Gasteiger partial charge >= 0.3 is 5.97 Å². The van der Waals surface area contributed by atoms with Gasteiger partial charge in [-0.15, -0.1) is 5.10 Å². The van der Waals surface area contributed by atoms with Crippen LogP contribution in [-0.2, 0) is 9.53 Å². The third-order valence-electron chi connectivity index (χ3n) is 4.31. The molecule has 4 rings (SSSR count). The van der Waals surface area contributed by atoms with Gasteiger partial charge in [0.1, 0.15) is 5.69 Å². The Labute approximate surface area is 172 Å². The summed E-state index contributed by atoms with van der Waals surface area (Å²) in [5.74, 6) is -0.238. The van der Waals surface area contributed by atoms with E-state index in [-0.39, 0.29) is 12.4 Å². The minimum absolute atomic E-state index is 0.298. The quantitative estimate of drug-likeness (QED) is 0.266. The van der Waals surface area contributed by atoms with Crippen LogP contribution in [0.3, 0.4) is 0 Å². The molecule has 2 aromatic carbocycles. The van der Waals surface area contributed by atoms with Crippen molar-refractivity contribution >= 4 is 17.8 Å². The molecule has 0 fully saturated rings. The largest absolute Gasteiger partial charge is 0.463 e. The SMILES string of the molecule is O=C(/C=C/c1ccccc1)OCC(=O)c1ccc(-n2nncc2-c2ccco2)cc1. The van der Waals surface area contributed by atoms with Crippen molar-refractivity contribution in [2.24, 2.45) is 0 Å². The maximum Gasteiger partial charge on any atom is 0.331 e. The summed E-state index contributed by atoms with van der Waals surface area (Å²) in [6.45, 7) is -0.335. The second kappa shape index (κ2) is 8.83. The number of esters is 1. The van der Waals surface area contributed by atoms with Crippen LogP contribution >= 0.6 is 0 Å². The standard InChI is InChI=1S/C23H17N3O4/c27-21(16-30-23(28)13-8-17-5-2-1-3-6-17)18-9-11-19(12-10-18)26-20(15-24-25-26)22-7-4-14-29-22/h1-15H,16H2/b13-8+. The molecule has 148 valence electrons. The summed E-state index contributed by atoms with van der Waals surface area (Å²) < 4.78 is 12.0. The number of nitrogens with zero attached hydrogens (tertiary/aromatic N) is 3. The Bertz CT molecular complexity index is 1160. The molecule has 7 nitrogen and oxygen atoms in total. The minimum Gasteiger partial charge on any atom is -0.463 e. The highest BCUT2D eigenvalue weighted by Crippen LogP contribution is 2.22. The van der Waals surface area contributed by atoms with Crippen LogP contribution in [0.4, 0.5) is 0 Å². The Morgan fingerprint density at radius 2 is 1.80 bits per heavy atom. The lowest BCUT2D eigenvalue weighted by molar-refractivity contribution is -0.136. The summed E-state index contributed by atoms with van der Waals surface area (Å²) in [6.07, 6.45) is 6.11. The van der Waals surface area contributed by atoms with E-state index < -0.39 is 5.97 Å². The van der Waals surface area contributed by atoms with Gasteiger partial charge in [0.2, 0.25) is 0 Å². The van der Waals surface area contributed by atoms with E-state index in [1.54, 1.807) is 53.5 Å². The summed E-state index contributed by atoms with van der Waals surface area (Å²) in [4.78, 5) is 24.1. The summed E-state index contributed by atoms with van der Waals surface area (Å²) in [5, 5.41) is 7.99. The van der Waals surface area contributed by atoms with Crippen molar-refractivity contribution in [1.82, 2.24) is 15.0 Å². The molecule has 0 amide bonds. The molecule has 4 aromatic rings. The molecule has 0 spiro atoms. The zero-order valence-corrected chi connectivity index (χ0v) is 15.8. The number of ketones is 1. The number of aromatic nitrogens is 3. The number of hydrogen-bond donors (Lipinski definition) is 0. The van der Waals surface area contributed by atoms with Crippen LogP contribution in [0.1, 0.15) is 15.9 Å². The van der Waals surface area contributed by atoms with Gasteiger partial charge in [-0.05, 0) is 48.0 Å². The number of carbonyl (C=O) groups is 2. The smallest absolute Gasteiger partial charge is 0.331 e. The van der Waals surface area contributed by atoms with Crippen LogP contribution < -0.4 is 0 Å². The average molecular weight is 399 g/mol. The number of ether oxygens (including phenoxy) is 1. The Kier molecular flexibility index (Phi) is 5.61. The van der Waals surface area contributed by atoms with Gasteiger partial charge in [0.15, 0.2) is 18.2 Å². The lowest BCUT2D eigenvalue weighted by Crippen LogP contribution is -2.12. The monoisotopic (exact) mass is 399 g/mol.